The topological polar surface area (TPSA) is 69.4 Å². The molecule has 0 aromatic heterocycles. The Morgan fingerprint density at radius 3 is 2.42 bits per heavy atom. The molecule has 0 aliphatic carbocycles. The molecule has 0 heterocycles. The molecule has 0 radical (unpaired) electrons. The van der Waals surface area contributed by atoms with Gasteiger partial charge < -0.3 is 4.74 Å². The lowest BCUT2D eigenvalue weighted by Gasteiger charge is -2.19. The average Bonchev–Trinajstić information content (AvgIpc) is 2.17. The maximum Gasteiger partial charge on any atom is 0.241 e. The Hall–Kier alpha value is -0.300. The van der Waals surface area contributed by atoms with Gasteiger partial charge in [-0.1, -0.05) is 48.3 Å². The maximum absolute atomic E-state index is 11.5. The van der Waals surface area contributed by atoms with E-state index in [9.17, 15) is 8.42 Å². The van der Waals surface area contributed by atoms with E-state index in [0.717, 1.165) is 6.42 Å². The van der Waals surface area contributed by atoms with Crippen molar-refractivity contribution in [1.29, 1.82) is 0 Å². The molecule has 0 saturated heterocycles. The largest absolute Gasteiger partial charge is 0.491 e. The Morgan fingerprint density at radius 1 is 1.37 bits per heavy atom. The lowest BCUT2D eigenvalue weighted by Crippen LogP contribution is -2.16. The van der Waals surface area contributed by atoms with Crippen molar-refractivity contribution in [2.45, 2.75) is 32.1 Å². The third-order valence-electron chi connectivity index (χ3n) is 2.38. The van der Waals surface area contributed by atoms with Crippen LogP contribution in [-0.4, -0.2) is 15.0 Å². The Bertz CT molecular complexity index is 567. The predicted octanol–water partition coefficient (Wildman–Crippen LogP) is 3.56. The van der Waals surface area contributed by atoms with Crippen LogP contribution in [0.25, 0.3) is 0 Å². The molecule has 108 valence electrons. The molecule has 19 heavy (non-hydrogen) atoms. The number of ether oxygens (including phenoxy) is 1. The minimum Gasteiger partial charge on any atom is -0.491 e. The van der Waals surface area contributed by atoms with Crippen molar-refractivity contribution >= 4 is 37.6 Å². The van der Waals surface area contributed by atoms with E-state index >= 15 is 0 Å². The first kappa shape index (κ1) is 16.8. The number of nitrogens with two attached hydrogens (primary N) is 1. The quantitative estimate of drug-likeness (QED) is 0.881. The SMILES string of the molecule is CC(C)(C)CCOc1c(Cl)cc(Br)cc1S(N)(=O)=O. The number of benzene rings is 1. The molecule has 0 bridgehead atoms. The summed E-state index contributed by atoms with van der Waals surface area (Å²) in [5.74, 6) is 0.108. The first-order chi connectivity index (χ1) is 8.50. The molecule has 0 atom stereocenters. The molecule has 0 aliphatic heterocycles. The van der Waals surface area contributed by atoms with Gasteiger partial charge in [-0.25, -0.2) is 13.6 Å². The summed E-state index contributed by atoms with van der Waals surface area (Å²) in [7, 11) is -3.88. The summed E-state index contributed by atoms with van der Waals surface area (Å²) in [6.07, 6.45) is 0.767. The third-order valence-corrected chi connectivity index (χ3v) is 4.03. The van der Waals surface area contributed by atoms with Gasteiger partial charge >= 0.3 is 0 Å². The van der Waals surface area contributed by atoms with Gasteiger partial charge in [0.15, 0.2) is 5.75 Å². The zero-order chi connectivity index (χ0) is 14.8. The van der Waals surface area contributed by atoms with Crippen LogP contribution in [0.5, 0.6) is 5.75 Å². The smallest absolute Gasteiger partial charge is 0.241 e. The summed E-state index contributed by atoms with van der Waals surface area (Å²) < 4.78 is 29.1. The minimum atomic E-state index is -3.88. The fourth-order valence-corrected chi connectivity index (χ4v) is 3.14. The maximum atomic E-state index is 11.5. The second-order valence-corrected chi connectivity index (χ2v) is 8.27. The summed E-state index contributed by atoms with van der Waals surface area (Å²) in [4.78, 5) is -0.110. The lowest BCUT2D eigenvalue weighted by molar-refractivity contribution is 0.239. The summed E-state index contributed by atoms with van der Waals surface area (Å²) in [6, 6.07) is 2.95. The van der Waals surface area contributed by atoms with Gasteiger partial charge in [0, 0.05) is 4.47 Å². The van der Waals surface area contributed by atoms with E-state index < -0.39 is 10.0 Å². The highest BCUT2D eigenvalue weighted by molar-refractivity contribution is 9.10. The second-order valence-electron chi connectivity index (χ2n) is 5.42. The summed E-state index contributed by atoms with van der Waals surface area (Å²) in [5.41, 5.74) is 0.0869. The lowest BCUT2D eigenvalue weighted by atomic mass is 9.93. The number of hydrogen-bond donors (Lipinski definition) is 1. The van der Waals surface area contributed by atoms with Crippen LogP contribution in [0, 0.1) is 5.41 Å². The van der Waals surface area contributed by atoms with Crippen molar-refractivity contribution in [2.24, 2.45) is 10.6 Å². The molecule has 1 rings (SSSR count). The molecule has 1 aromatic rings. The van der Waals surface area contributed by atoms with Crippen LogP contribution < -0.4 is 9.88 Å². The number of halogens is 2. The molecular weight excluding hydrogens is 354 g/mol. The highest BCUT2D eigenvalue weighted by Gasteiger charge is 2.20. The van der Waals surface area contributed by atoms with Crippen LogP contribution in [0.1, 0.15) is 27.2 Å². The standard InChI is InChI=1S/C12H17BrClNO3S/c1-12(2,3)4-5-18-11-9(14)6-8(13)7-10(11)19(15,16)17/h6-7H,4-5H2,1-3H3,(H2,15,16,17). The normalized spacial score (nSPS) is 12.5. The third kappa shape index (κ3) is 5.30. The highest BCUT2D eigenvalue weighted by atomic mass is 79.9. The Balaban J connectivity index is 3.06. The van der Waals surface area contributed by atoms with Gasteiger partial charge in [0.25, 0.3) is 0 Å². The molecule has 1 aromatic carbocycles. The van der Waals surface area contributed by atoms with Gasteiger partial charge in [-0.3, -0.25) is 0 Å². The number of rotatable bonds is 4. The predicted molar refractivity (Wildman–Crippen MR) is 80.1 cm³/mol. The van der Waals surface area contributed by atoms with E-state index in [1.807, 2.05) is 0 Å². The van der Waals surface area contributed by atoms with Crippen molar-refractivity contribution in [3.05, 3.63) is 21.6 Å². The van der Waals surface area contributed by atoms with E-state index in [4.69, 9.17) is 21.5 Å². The van der Waals surface area contributed by atoms with Gasteiger partial charge in [0.05, 0.1) is 11.6 Å². The summed E-state index contributed by atoms with van der Waals surface area (Å²) in [6.45, 7) is 6.58. The van der Waals surface area contributed by atoms with Crippen molar-refractivity contribution in [1.82, 2.24) is 0 Å². The van der Waals surface area contributed by atoms with E-state index in [1.54, 1.807) is 6.07 Å². The van der Waals surface area contributed by atoms with Gasteiger partial charge in [0.2, 0.25) is 10.0 Å². The second kappa shape index (κ2) is 5.99. The molecule has 7 heteroatoms. The van der Waals surface area contributed by atoms with Crippen LogP contribution in [-0.2, 0) is 10.0 Å². The molecule has 0 unspecified atom stereocenters. The van der Waals surface area contributed by atoms with Crippen molar-refractivity contribution in [2.75, 3.05) is 6.61 Å². The van der Waals surface area contributed by atoms with Gasteiger partial charge in [-0.15, -0.1) is 0 Å². The average molecular weight is 371 g/mol. The van der Waals surface area contributed by atoms with E-state index in [1.165, 1.54) is 6.07 Å². The fraction of sp³-hybridized carbons (Fsp3) is 0.500. The Kier molecular flexibility index (Phi) is 5.28. The van der Waals surface area contributed by atoms with E-state index in [-0.39, 0.29) is 21.1 Å². The molecular formula is C12H17BrClNO3S. The monoisotopic (exact) mass is 369 g/mol. The number of primary sulfonamides is 1. The Labute approximate surface area is 127 Å². The number of hydrogen-bond acceptors (Lipinski definition) is 3. The van der Waals surface area contributed by atoms with Crippen molar-refractivity contribution < 1.29 is 13.2 Å². The van der Waals surface area contributed by atoms with Gasteiger partial charge in [-0.05, 0) is 24.0 Å². The van der Waals surface area contributed by atoms with E-state index in [0.29, 0.717) is 11.1 Å². The summed E-state index contributed by atoms with van der Waals surface area (Å²) >= 11 is 9.20. The molecule has 0 aliphatic rings. The van der Waals surface area contributed by atoms with E-state index in [2.05, 4.69) is 36.7 Å². The molecule has 0 fully saturated rings. The zero-order valence-electron chi connectivity index (χ0n) is 11.0. The van der Waals surface area contributed by atoms with Crippen LogP contribution in [0.3, 0.4) is 0 Å². The van der Waals surface area contributed by atoms with Gasteiger partial charge in [0.1, 0.15) is 4.90 Å². The fourth-order valence-electron chi connectivity index (χ4n) is 1.35. The molecule has 2 N–H and O–H groups in total. The highest BCUT2D eigenvalue weighted by Crippen LogP contribution is 2.35. The molecule has 0 amide bonds. The first-order valence-electron chi connectivity index (χ1n) is 5.65. The molecule has 4 nitrogen and oxygen atoms in total. The van der Waals surface area contributed by atoms with Crippen LogP contribution >= 0.6 is 27.5 Å². The first-order valence-corrected chi connectivity index (χ1v) is 8.37. The molecule has 0 spiro atoms. The van der Waals surface area contributed by atoms with Crippen LogP contribution in [0.2, 0.25) is 5.02 Å². The Morgan fingerprint density at radius 2 is 1.95 bits per heavy atom. The number of sulfonamides is 1. The van der Waals surface area contributed by atoms with Crippen molar-refractivity contribution in [3.8, 4) is 5.75 Å². The minimum absolute atomic E-state index is 0.0869. The van der Waals surface area contributed by atoms with Crippen LogP contribution in [0.4, 0.5) is 0 Å². The molecule has 0 saturated carbocycles. The zero-order valence-corrected chi connectivity index (χ0v) is 14.2. The van der Waals surface area contributed by atoms with Gasteiger partial charge in [-0.2, -0.15) is 0 Å². The van der Waals surface area contributed by atoms with Crippen LogP contribution in [0.15, 0.2) is 21.5 Å². The summed E-state index contributed by atoms with van der Waals surface area (Å²) in [5, 5.41) is 5.38. The van der Waals surface area contributed by atoms with Crippen molar-refractivity contribution in [3.63, 3.8) is 0 Å².